The second kappa shape index (κ2) is 10.0. The van der Waals surface area contributed by atoms with Gasteiger partial charge in [-0.05, 0) is 57.9 Å². The van der Waals surface area contributed by atoms with Crippen molar-refractivity contribution >= 4 is 33.5 Å². The molecule has 0 heterocycles. The summed E-state index contributed by atoms with van der Waals surface area (Å²) < 4.78 is 11.5. The molecule has 0 unspecified atom stereocenters. The van der Waals surface area contributed by atoms with E-state index in [4.69, 9.17) is 9.47 Å². The van der Waals surface area contributed by atoms with E-state index in [9.17, 15) is 9.59 Å². The molecule has 0 saturated carbocycles. The van der Waals surface area contributed by atoms with Crippen LogP contribution < -0.4 is 9.47 Å². The van der Waals surface area contributed by atoms with Crippen LogP contribution in [0.5, 0.6) is 11.5 Å². The molecule has 6 aromatic carbocycles. The van der Waals surface area contributed by atoms with Crippen LogP contribution in [0.1, 0.15) is 20.7 Å². The van der Waals surface area contributed by atoms with Crippen molar-refractivity contribution in [2.75, 3.05) is 0 Å². The number of fused-ring (bicyclic) bond motifs is 2. The van der Waals surface area contributed by atoms with Crippen LogP contribution in [0.3, 0.4) is 0 Å². The molecule has 38 heavy (non-hydrogen) atoms. The van der Waals surface area contributed by atoms with Gasteiger partial charge in [-0.1, -0.05) is 97.1 Å². The Kier molecular flexibility index (Phi) is 6.12. The number of rotatable bonds is 5. The first kappa shape index (κ1) is 23.2. The van der Waals surface area contributed by atoms with Gasteiger partial charge in [0.05, 0.1) is 11.1 Å². The summed E-state index contributed by atoms with van der Waals surface area (Å²) in [7, 11) is 0. The molecule has 0 spiro atoms. The SMILES string of the molecule is O=C(Oc1ccccc1)c1ccc2ccccc2c1-c1c(C(=O)Oc2ccccc2)ccc2ccccc12. The molecule has 0 N–H and O–H groups in total. The van der Waals surface area contributed by atoms with Crippen molar-refractivity contribution < 1.29 is 19.1 Å². The van der Waals surface area contributed by atoms with Crippen LogP contribution in [0, 0.1) is 0 Å². The lowest BCUT2D eigenvalue weighted by Crippen LogP contribution is -2.14. The summed E-state index contributed by atoms with van der Waals surface area (Å²) in [6, 6.07) is 40.8. The van der Waals surface area contributed by atoms with E-state index in [0.717, 1.165) is 21.5 Å². The summed E-state index contributed by atoms with van der Waals surface area (Å²) in [5, 5.41) is 3.54. The number of benzene rings is 6. The minimum atomic E-state index is -0.507. The highest BCUT2D eigenvalue weighted by atomic mass is 16.5. The molecule has 0 aliphatic heterocycles. The first-order valence-electron chi connectivity index (χ1n) is 12.3. The van der Waals surface area contributed by atoms with Crippen LogP contribution in [-0.2, 0) is 0 Å². The lowest BCUT2D eigenvalue weighted by atomic mass is 9.87. The van der Waals surface area contributed by atoms with E-state index >= 15 is 0 Å². The van der Waals surface area contributed by atoms with Gasteiger partial charge in [-0.3, -0.25) is 0 Å². The smallest absolute Gasteiger partial charge is 0.344 e. The Morgan fingerprint density at radius 1 is 0.395 bits per heavy atom. The number of hydrogen-bond acceptors (Lipinski definition) is 4. The molecule has 182 valence electrons. The summed E-state index contributed by atoms with van der Waals surface area (Å²) in [6.07, 6.45) is 0. The van der Waals surface area contributed by atoms with Gasteiger partial charge in [0.25, 0.3) is 0 Å². The van der Waals surface area contributed by atoms with Crippen LogP contribution in [0.15, 0.2) is 133 Å². The van der Waals surface area contributed by atoms with Crippen molar-refractivity contribution in [3.05, 3.63) is 145 Å². The van der Waals surface area contributed by atoms with Crippen molar-refractivity contribution in [2.45, 2.75) is 0 Å². The molecule has 6 rings (SSSR count). The molecule has 6 aromatic rings. The second-order valence-electron chi connectivity index (χ2n) is 8.82. The maximum Gasteiger partial charge on any atom is 0.344 e. The fourth-order valence-corrected chi connectivity index (χ4v) is 4.72. The molecule has 0 atom stereocenters. The van der Waals surface area contributed by atoms with Crippen LogP contribution >= 0.6 is 0 Å². The Hall–Kier alpha value is -5.22. The molecule has 4 heteroatoms. The highest BCUT2D eigenvalue weighted by Gasteiger charge is 2.25. The lowest BCUT2D eigenvalue weighted by Gasteiger charge is -2.18. The van der Waals surface area contributed by atoms with Crippen molar-refractivity contribution in [1.82, 2.24) is 0 Å². The Morgan fingerprint density at radius 3 is 1.18 bits per heavy atom. The van der Waals surface area contributed by atoms with Gasteiger partial charge in [-0.15, -0.1) is 0 Å². The predicted molar refractivity (Wildman–Crippen MR) is 150 cm³/mol. The Balaban J connectivity index is 1.61. The highest BCUT2D eigenvalue weighted by Crippen LogP contribution is 2.40. The number of ether oxygens (including phenoxy) is 2. The molecule has 0 bridgehead atoms. The van der Waals surface area contributed by atoms with Crippen LogP contribution in [-0.4, -0.2) is 11.9 Å². The van der Waals surface area contributed by atoms with Gasteiger partial charge in [0.1, 0.15) is 11.5 Å². The topological polar surface area (TPSA) is 52.6 Å². The average Bonchev–Trinajstić information content (AvgIpc) is 2.97. The minimum Gasteiger partial charge on any atom is -0.423 e. The molecule has 0 amide bonds. The highest BCUT2D eigenvalue weighted by molar-refractivity contribution is 6.18. The van der Waals surface area contributed by atoms with Crippen molar-refractivity contribution in [1.29, 1.82) is 0 Å². The van der Waals surface area contributed by atoms with E-state index in [0.29, 0.717) is 33.8 Å². The number of para-hydroxylation sites is 2. The molecule has 0 radical (unpaired) electrons. The van der Waals surface area contributed by atoms with E-state index in [2.05, 4.69) is 0 Å². The Labute approximate surface area is 219 Å². The average molecular weight is 495 g/mol. The van der Waals surface area contributed by atoms with Crippen LogP contribution in [0.4, 0.5) is 0 Å². The first-order chi connectivity index (χ1) is 18.7. The zero-order valence-electron chi connectivity index (χ0n) is 20.3. The predicted octanol–water partition coefficient (Wildman–Crippen LogP) is 8.10. The van der Waals surface area contributed by atoms with Crippen LogP contribution in [0.25, 0.3) is 32.7 Å². The number of carbonyl (C=O) groups is 2. The van der Waals surface area contributed by atoms with E-state index in [1.807, 2.05) is 97.1 Å². The summed E-state index contributed by atoms with van der Waals surface area (Å²) in [5.74, 6) is -0.129. The Bertz CT molecular complexity index is 1660. The molecule has 0 aliphatic carbocycles. The van der Waals surface area contributed by atoms with Gasteiger partial charge >= 0.3 is 11.9 Å². The van der Waals surface area contributed by atoms with Gasteiger partial charge in [0.2, 0.25) is 0 Å². The summed E-state index contributed by atoms with van der Waals surface area (Å²) in [6.45, 7) is 0. The molecular weight excluding hydrogens is 472 g/mol. The largest absolute Gasteiger partial charge is 0.423 e. The molecule has 0 aliphatic rings. The molecule has 0 saturated heterocycles. The maximum atomic E-state index is 13.6. The zero-order chi connectivity index (χ0) is 25.9. The molecule has 0 aromatic heterocycles. The normalized spacial score (nSPS) is 10.8. The van der Waals surface area contributed by atoms with Crippen LogP contribution in [0.2, 0.25) is 0 Å². The summed E-state index contributed by atoms with van der Waals surface area (Å²) in [4.78, 5) is 27.2. The van der Waals surface area contributed by atoms with Gasteiger partial charge in [0, 0.05) is 11.1 Å². The molecule has 0 fully saturated rings. The number of hydrogen-bond donors (Lipinski definition) is 0. The van der Waals surface area contributed by atoms with E-state index in [1.165, 1.54) is 0 Å². The van der Waals surface area contributed by atoms with E-state index in [-0.39, 0.29) is 0 Å². The van der Waals surface area contributed by atoms with Gasteiger partial charge in [-0.25, -0.2) is 9.59 Å². The lowest BCUT2D eigenvalue weighted by molar-refractivity contribution is 0.0723. The number of carbonyl (C=O) groups excluding carboxylic acids is 2. The molecule has 4 nitrogen and oxygen atoms in total. The van der Waals surface area contributed by atoms with Crippen molar-refractivity contribution in [2.24, 2.45) is 0 Å². The second-order valence-corrected chi connectivity index (χ2v) is 8.82. The standard InChI is InChI=1S/C34H22O4/c35-33(37-25-13-3-1-4-14-25)29-21-19-23-11-7-9-17-27(23)31(29)32-28-18-10-8-12-24(28)20-22-30(32)34(36)38-26-15-5-2-6-16-26/h1-22H. The van der Waals surface area contributed by atoms with Gasteiger partial charge in [0.15, 0.2) is 0 Å². The monoisotopic (exact) mass is 494 g/mol. The number of esters is 2. The fraction of sp³-hybridized carbons (Fsp3) is 0. The van der Waals surface area contributed by atoms with E-state index < -0.39 is 11.9 Å². The van der Waals surface area contributed by atoms with Gasteiger partial charge < -0.3 is 9.47 Å². The fourth-order valence-electron chi connectivity index (χ4n) is 4.72. The quantitative estimate of drug-likeness (QED) is 0.179. The summed E-state index contributed by atoms with van der Waals surface area (Å²) in [5.41, 5.74) is 1.97. The Morgan fingerprint density at radius 2 is 0.763 bits per heavy atom. The third-order valence-corrected chi connectivity index (χ3v) is 6.46. The minimum absolute atomic E-state index is 0.359. The maximum absolute atomic E-state index is 13.6. The third-order valence-electron chi connectivity index (χ3n) is 6.46. The van der Waals surface area contributed by atoms with E-state index in [1.54, 1.807) is 36.4 Å². The van der Waals surface area contributed by atoms with Crippen molar-refractivity contribution in [3.63, 3.8) is 0 Å². The molecular formula is C34H22O4. The zero-order valence-corrected chi connectivity index (χ0v) is 20.3. The van der Waals surface area contributed by atoms with Crippen molar-refractivity contribution in [3.8, 4) is 22.6 Å². The summed E-state index contributed by atoms with van der Waals surface area (Å²) >= 11 is 0. The third kappa shape index (κ3) is 4.40. The van der Waals surface area contributed by atoms with Gasteiger partial charge in [-0.2, -0.15) is 0 Å². The first-order valence-corrected chi connectivity index (χ1v) is 12.3.